The molecule has 1 aliphatic heterocycles. The Morgan fingerprint density at radius 2 is 1.92 bits per heavy atom. The molecule has 3 nitrogen and oxygen atoms in total. The Morgan fingerprint density at radius 3 is 2.54 bits per heavy atom. The number of hydrogen-bond acceptors (Lipinski definition) is 2. The molecule has 1 aromatic carbocycles. The first kappa shape index (κ1) is 16.9. The van der Waals surface area contributed by atoms with E-state index < -0.39 is 5.60 Å². The second-order valence-electron chi connectivity index (χ2n) is 6.87. The van der Waals surface area contributed by atoms with Gasteiger partial charge in [-0.15, -0.1) is 0 Å². The third kappa shape index (κ3) is 3.44. The molecular formula is C20H24FNO2. The van der Waals surface area contributed by atoms with Crippen LogP contribution in [0.25, 0.3) is 0 Å². The van der Waals surface area contributed by atoms with Crippen LogP contribution in [-0.4, -0.2) is 29.0 Å². The average molecular weight is 329 g/mol. The largest absolute Gasteiger partial charge is 0.380 e. The lowest BCUT2D eigenvalue weighted by Crippen LogP contribution is -2.39. The fourth-order valence-corrected chi connectivity index (χ4v) is 3.80. The summed E-state index contributed by atoms with van der Waals surface area (Å²) in [5.74, 6) is 0.276. The molecule has 0 radical (unpaired) electrons. The Hall–Kier alpha value is -1.94. The first-order valence-electron chi connectivity index (χ1n) is 8.59. The van der Waals surface area contributed by atoms with Gasteiger partial charge >= 0.3 is 0 Å². The van der Waals surface area contributed by atoms with Crippen molar-refractivity contribution >= 4 is 5.91 Å². The van der Waals surface area contributed by atoms with E-state index in [1.54, 1.807) is 25.1 Å². The molecule has 4 heteroatoms. The topological polar surface area (TPSA) is 40.5 Å². The smallest absolute Gasteiger partial charge is 0.219 e. The van der Waals surface area contributed by atoms with E-state index in [1.165, 1.54) is 12.1 Å². The number of amides is 1. The van der Waals surface area contributed by atoms with Crippen LogP contribution in [0.2, 0.25) is 0 Å². The van der Waals surface area contributed by atoms with Gasteiger partial charge in [-0.2, -0.15) is 0 Å². The second kappa shape index (κ2) is 6.89. The minimum atomic E-state index is -1.10. The number of halogens is 1. The summed E-state index contributed by atoms with van der Waals surface area (Å²) in [5, 5.41) is 11.2. The quantitative estimate of drug-likeness (QED) is 0.923. The molecule has 128 valence electrons. The Labute approximate surface area is 142 Å². The van der Waals surface area contributed by atoms with Gasteiger partial charge in [0, 0.05) is 25.9 Å². The summed E-state index contributed by atoms with van der Waals surface area (Å²) >= 11 is 0. The van der Waals surface area contributed by atoms with E-state index >= 15 is 0 Å². The molecule has 1 heterocycles. The molecular weight excluding hydrogens is 305 g/mol. The first-order chi connectivity index (χ1) is 11.5. The van der Waals surface area contributed by atoms with Gasteiger partial charge in [0.15, 0.2) is 0 Å². The van der Waals surface area contributed by atoms with Crippen molar-refractivity contribution in [3.63, 3.8) is 0 Å². The van der Waals surface area contributed by atoms with E-state index in [0.29, 0.717) is 5.92 Å². The molecule has 0 bridgehead atoms. The molecule has 1 amide bonds. The van der Waals surface area contributed by atoms with Crippen LogP contribution in [0.5, 0.6) is 0 Å². The Bertz CT molecular complexity index is 644. The Kier molecular flexibility index (Phi) is 4.86. The molecule has 0 saturated carbocycles. The van der Waals surface area contributed by atoms with Crippen LogP contribution in [0.4, 0.5) is 4.39 Å². The third-order valence-electron chi connectivity index (χ3n) is 5.32. The molecule has 0 aromatic heterocycles. The van der Waals surface area contributed by atoms with Crippen molar-refractivity contribution in [2.75, 3.05) is 13.1 Å². The van der Waals surface area contributed by atoms with Gasteiger partial charge in [0.25, 0.3) is 0 Å². The van der Waals surface area contributed by atoms with Crippen LogP contribution in [0, 0.1) is 17.7 Å². The number of rotatable bonds is 3. The van der Waals surface area contributed by atoms with Gasteiger partial charge in [-0.05, 0) is 49.0 Å². The average Bonchev–Trinajstić information content (AvgIpc) is 2.58. The number of carbonyl (C=O) groups is 1. The van der Waals surface area contributed by atoms with Crippen molar-refractivity contribution in [1.29, 1.82) is 0 Å². The molecule has 2 atom stereocenters. The highest BCUT2D eigenvalue weighted by Crippen LogP contribution is 2.40. The van der Waals surface area contributed by atoms with Crippen molar-refractivity contribution in [2.45, 2.75) is 31.8 Å². The molecule has 3 rings (SSSR count). The molecule has 1 aliphatic carbocycles. The lowest BCUT2D eigenvalue weighted by molar-refractivity contribution is -0.130. The minimum absolute atomic E-state index is 0.0400. The number of allylic oxidation sites excluding steroid dienone is 2. The second-order valence-corrected chi connectivity index (χ2v) is 6.87. The van der Waals surface area contributed by atoms with Crippen LogP contribution in [0.15, 0.2) is 48.6 Å². The predicted octanol–water partition coefficient (Wildman–Crippen LogP) is 3.40. The molecule has 1 N–H and O–H groups in total. The summed E-state index contributed by atoms with van der Waals surface area (Å²) in [6.07, 6.45) is 10.4. The maximum atomic E-state index is 13.2. The van der Waals surface area contributed by atoms with E-state index in [2.05, 4.69) is 0 Å². The third-order valence-corrected chi connectivity index (χ3v) is 5.32. The summed E-state index contributed by atoms with van der Waals surface area (Å²) < 4.78 is 13.2. The monoisotopic (exact) mass is 329 g/mol. The van der Waals surface area contributed by atoms with E-state index in [-0.39, 0.29) is 17.6 Å². The number of hydrogen-bond donors (Lipinski definition) is 1. The molecule has 1 fully saturated rings. The highest BCUT2D eigenvalue weighted by Gasteiger charge is 2.37. The van der Waals surface area contributed by atoms with Crippen molar-refractivity contribution in [2.24, 2.45) is 11.8 Å². The van der Waals surface area contributed by atoms with Gasteiger partial charge in [0.2, 0.25) is 5.91 Å². The van der Waals surface area contributed by atoms with Crippen LogP contribution >= 0.6 is 0 Å². The fourth-order valence-electron chi connectivity index (χ4n) is 3.80. The number of piperidine rings is 1. The summed E-state index contributed by atoms with van der Waals surface area (Å²) in [7, 11) is 0. The van der Waals surface area contributed by atoms with Gasteiger partial charge < -0.3 is 10.0 Å². The highest BCUT2D eigenvalue weighted by atomic mass is 19.1. The minimum Gasteiger partial charge on any atom is -0.380 e. The standard InChI is InChI=1S/C20H24FNO2/c1-15(23)22-12-9-16(10-13-22)14-18-4-2-3-11-20(18,24)17-5-7-19(21)8-6-17/h2-8,11,16,18,24H,9-10,12-14H2,1H3. The van der Waals surface area contributed by atoms with E-state index in [0.717, 1.165) is 37.9 Å². The summed E-state index contributed by atoms with van der Waals surface area (Å²) in [5.41, 5.74) is -0.379. The van der Waals surface area contributed by atoms with Gasteiger partial charge in [-0.25, -0.2) is 4.39 Å². The van der Waals surface area contributed by atoms with Crippen LogP contribution < -0.4 is 0 Å². The normalized spacial score (nSPS) is 27.5. The fraction of sp³-hybridized carbons (Fsp3) is 0.450. The molecule has 2 unspecified atom stereocenters. The van der Waals surface area contributed by atoms with E-state index in [1.807, 2.05) is 23.1 Å². The van der Waals surface area contributed by atoms with Crippen LogP contribution in [-0.2, 0) is 10.4 Å². The van der Waals surface area contributed by atoms with Crippen molar-refractivity contribution < 1.29 is 14.3 Å². The highest BCUT2D eigenvalue weighted by molar-refractivity contribution is 5.73. The number of likely N-dealkylation sites (tertiary alicyclic amines) is 1. The predicted molar refractivity (Wildman–Crippen MR) is 91.7 cm³/mol. The van der Waals surface area contributed by atoms with E-state index in [9.17, 15) is 14.3 Å². The molecule has 1 aromatic rings. The number of nitrogens with zero attached hydrogens (tertiary/aromatic N) is 1. The molecule has 0 spiro atoms. The Balaban J connectivity index is 1.72. The first-order valence-corrected chi connectivity index (χ1v) is 8.59. The molecule has 24 heavy (non-hydrogen) atoms. The van der Waals surface area contributed by atoms with Crippen LogP contribution in [0.3, 0.4) is 0 Å². The zero-order chi connectivity index (χ0) is 17.2. The van der Waals surface area contributed by atoms with Gasteiger partial charge in [-0.3, -0.25) is 4.79 Å². The zero-order valence-corrected chi connectivity index (χ0v) is 14.0. The zero-order valence-electron chi connectivity index (χ0n) is 14.0. The van der Waals surface area contributed by atoms with Gasteiger partial charge in [0.05, 0.1) is 0 Å². The summed E-state index contributed by atoms with van der Waals surface area (Å²) in [4.78, 5) is 13.3. The number of carbonyl (C=O) groups excluding carboxylic acids is 1. The molecule has 1 saturated heterocycles. The van der Waals surface area contributed by atoms with E-state index in [4.69, 9.17) is 0 Å². The molecule has 2 aliphatic rings. The SMILES string of the molecule is CC(=O)N1CCC(CC2C=CC=CC2(O)c2ccc(F)cc2)CC1. The summed E-state index contributed by atoms with van der Waals surface area (Å²) in [6.45, 7) is 3.20. The maximum Gasteiger partial charge on any atom is 0.219 e. The van der Waals surface area contributed by atoms with Crippen molar-refractivity contribution in [3.05, 3.63) is 60.0 Å². The summed E-state index contributed by atoms with van der Waals surface area (Å²) in [6, 6.07) is 6.10. The van der Waals surface area contributed by atoms with Crippen molar-refractivity contribution in [3.8, 4) is 0 Å². The lowest BCUT2D eigenvalue weighted by atomic mass is 9.73. The van der Waals surface area contributed by atoms with Gasteiger partial charge in [0.1, 0.15) is 11.4 Å². The Morgan fingerprint density at radius 1 is 1.25 bits per heavy atom. The maximum absolute atomic E-state index is 13.2. The van der Waals surface area contributed by atoms with Crippen molar-refractivity contribution in [1.82, 2.24) is 4.90 Å². The van der Waals surface area contributed by atoms with Crippen LogP contribution in [0.1, 0.15) is 31.7 Å². The number of aliphatic hydroxyl groups is 1. The lowest BCUT2D eigenvalue weighted by Gasteiger charge is -2.38. The number of benzene rings is 1. The van der Waals surface area contributed by atoms with Gasteiger partial charge in [-0.1, -0.05) is 30.4 Å².